The van der Waals surface area contributed by atoms with Crippen molar-refractivity contribution in [1.82, 2.24) is 10.3 Å². The van der Waals surface area contributed by atoms with E-state index in [2.05, 4.69) is 20.3 Å². The summed E-state index contributed by atoms with van der Waals surface area (Å²) in [5.41, 5.74) is -0.612. The molecule has 0 spiro atoms. The lowest BCUT2D eigenvalue weighted by molar-refractivity contribution is 0.301. The first-order valence-corrected chi connectivity index (χ1v) is 4.96. The Labute approximate surface area is 103 Å². The molecule has 0 unspecified atom stereocenters. The van der Waals surface area contributed by atoms with Crippen molar-refractivity contribution in [3.05, 3.63) is 40.5 Å². The summed E-state index contributed by atoms with van der Waals surface area (Å²) in [6.45, 7) is 1.21. The van der Waals surface area contributed by atoms with E-state index in [0.29, 0.717) is 5.69 Å². The summed E-state index contributed by atoms with van der Waals surface area (Å²) < 4.78 is 69.5. The van der Waals surface area contributed by atoms with Gasteiger partial charge in [0.15, 0.2) is 23.3 Å². The van der Waals surface area contributed by atoms with E-state index in [0.717, 1.165) is 0 Å². The molecule has 0 bridgehead atoms. The molecular weight excluding hydrogens is 273 g/mol. The zero-order chi connectivity index (χ0) is 14.2. The van der Waals surface area contributed by atoms with E-state index in [4.69, 9.17) is 0 Å². The minimum atomic E-state index is -2.21. The van der Waals surface area contributed by atoms with Gasteiger partial charge in [-0.2, -0.15) is 0 Å². The van der Waals surface area contributed by atoms with Crippen LogP contribution in [0.4, 0.5) is 27.6 Å². The smallest absolute Gasteiger partial charge is 0.200 e. The Kier molecular flexibility index (Phi) is 3.36. The van der Waals surface area contributed by atoms with Crippen LogP contribution in [0.25, 0.3) is 0 Å². The van der Waals surface area contributed by atoms with Crippen molar-refractivity contribution >= 4 is 5.69 Å². The minimum Gasteiger partial charge on any atom is -0.374 e. The second-order valence-corrected chi connectivity index (χ2v) is 3.59. The van der Waals surface area contributed by atoms with E-state index >= 15 is 0 Å². The number of benzene rings is 1. The van der Waals surface area contributed by atoms with Gasteiger partial charge in [0.05, 0.1) is 6.54 Å². The van der Waals surface area contributed by atoms with Gasteiger partial charge in [-0.25, -0.2) is 26.6 Å². The number of nitrogens with zero attached hydrogens (tertiary/aromatic N) is 2. The van der Waals surface area contributed by atoms with Crippen LogP contribution in [0.15, 0.2) is 4.63 Å². The normalized spacial score (nSPS) is 10.8. The average molecular weight is 279 g/mol. The molecule has 0 fully saturated rings. The standard InChI is InChI=1S/C10H6F5N3O/c1-3-4(18-19-17-3)2-16-10-8(14)6(12)5(11)7(13)9(10)15/h16H,2H2,1H3. The molecule has 1 heterocycles. The molecule has 1 aromatic carbocycles. The zero-order valence-corrected chi connectivity index (χ0v) is 9.40. The van der Waals surface area contributed by atoms with Crippen molar-refractivity contribution in [2.45, 2.75) is 13.5 Å². The third-order valence-corrected chi connectivity index (χ3v) is 2.39. The van der Waals surface area contributed by atoms with Crippen LogP contribution in [0.2, 0.25) is 0 Å². The fourth-order valence-corrected chi connectivity index (χ4v) is 1.34. The Morgan fingerprint density at radius 2 is 1.42 bits per heavy atom. The lowest BCUT2D eigenvalue weighted by Crippen LogP contribution is -2.10. The largest absolute Gasteiger partial charge is 0.374 e. The molecule has 2 rings (SSSR count). The highest BCUT2D eigenvalue weighted by Crippen LogP contribution is 2.27. The first-order valence-electron chi connectivity index (χ1n) is 4.96. The summed E-state index contributed by atoms with van der Waals surface area (Å²) in [5.74, 6) is -10.1. The number of halogens is 5. The van der Waals surface area contributed by atoms with Crippen molar-refractivity contribution in [1.29, 1.82) is 0 Å². The van der Waals surface area contributed by atoms with E-state index in [9.17, 15) is 22.0 Å². The van der Waals surface area contributed by atoms with Gasteiger partial charge < -0.3 is 5.32 Å². The van der Waals surface area contributed by atoms with Gasteiger partial charge >= 0.3 is 0 Å². The number of hydrogen-bond donors (Lipinski definition) is 1. The Hall–Kier alpha value is -2.19. The van der Waals surface area contributed by atoms with Crippen molar-refractivity contribution in [2.24, 2.45) is 0 Å². The molecule has 1 aromatic heterocycles. The Morgan fingerprint density at radius 3 is 1.89 bits per heavy atom. The lowest BCUT2D eigenvalue weighted by atomic mass is 10.2. The number of anilines is 1. The second kappa shape index (κ2) is 4.82. The van der Waals surface area contributed by atoms with Crippen LogP contribution in [0.3, 0.4) is 0 Å². The van der Waals surface area contributed by atoms with E-state index in [-0.39, 0.29) is 12.2 Å². The predicted octanol–water partition coefficient (Wildman–Crippen LogP) is 2.69. The molecule has 2 aromatic rings. The van der Waals surface area contributed by atoms with Crippen molar-refractivity contribution in [3.8, 4) is 0 Å². The molecular formula is C10H6F5N3O. The van der Waals surface area contributed by atoms with E-state index in [1.807, 2.05) is 0 Å². The van der Waals surface area contributed by atoms with Gasteiger partial charge in [-0.15, -0.1) is 0 Å². The summed E-state index contributed by atoms with van der Waals surface area (Å²) in [5, 5.41) is 8.87. The molecule has 0 atom stereocenters. The van der Waals surface area contributed by atoms with Gasteiger partial charge in [0.1, 0.15) is 17.1 Å². The molecule has 0 aliphatic rings. The van der Waals surface area contributed by atoms with Gasteiger partial charge in [-0.05, 0) is 6.92 Å². The van der Waals surface area contributed by atoms with Crippen LogP contribution in [0.5, 0.6) is 0 Å². The molecule has 4 nitrogen and oxygen atoms in total. The monoisotopic (exact) mass is 279 g/mol. The zero-order valence-electron chi connectivity index (χ0n) is 9.40. The van der Waals surface area contributed by atoms with Crippen LogP contribution in [0, 0.1) is 36.0 Å². The molecule has 1 N–H and O–H groups in total. The molecule has 0 aliphatic heterocycles. The van der Waals surface area contributed by atoms with Crippen molar-refractivity contribution < 1.29 is 26.6 Å². The molecule has 0 amide bonds. The maximum absolute atomic E-state index is 13.3. The molecule has 0 saturated carbocycles. The van der Waals surface area contributed by atoms with Crippen molar-refractivity contribution in [3.63, 3.8) is 0 Å². The summed E-state index contributed by atoms with van der Waals surface area (Å²) in [6, 6.07) is 0. The van der Waals surface area contributed by atoms with E-state index < -0.39 is 34.8 Å². The van der Waals surface area contributed by atoms with E-state index in [1.54, 1.807) is 0 Å². The molecule has 9 heteroatoms. The number of rotatable bonds is 3. The third kappa shape index (κ3) is 2.23. The lowest BCUT2D eigenvalue weighted by Gasteiger charge is -2.09. The number of aryl methyl sites for hydroxylation is 1. The molecule has 0 radical (unpaired) electrons. The maximum Gasteiger partial charge on any atom is 0.200 e. The molecule has 0 aliphatic carbocycles. The minimum absolute atomic E-state index is 0.184. The predicted molar refractivity (Wildman–Crippen MR) is 52.6 cm³/mol. The average Bonchev–Trinajstić information content (AvgIpc) is 2.80. The number of nitrogens with one attached hydrogen (secondary N) is 1. The fourth-order valence-electron chi connectivity index (χ4n) is 1.34. The highest BCUT2D eigenvalue weighted by atomic mass is 19.2. The quantitative estimate of drug-likeness (QED) is 0.533. The van der Waals surface area contributed by atoms with Gasteiger partial charge in [0.25, 0.3) is 0 Å². The number of aromatic nitrogens is 2. The summed E-state index contributed by atoms with van der Waals surface area (Å²) >= 11 is 0. The SMILES string of the molecule is Cc1nonc1CNc1c(F)c(F)c(F)c(F)c1F. The Morgan fingerprint density at radius 1 is 0.895 bits per heavy atom. The van der Waals surface area contributed by atoms with Crippen molar-refractivity contribution in [2.75, 3.05) is 5.32 Å². The van der Waals surface area contributed by atoms with Gasteiger partial charge in [0.2, 0.25) is 5.82 Å². The molecule has 0 saturated heterocycles. The van der Waals surface area contributed by atoms with Crippen LogP contribution in [-0.4, -0.2) is 10.3 Å². The highest BCUT2D eigenvalue weighted by molar-refractivity contribution is 5.48. The molecule has 102 valence electrons. The Balaban J connectivity index is 2.33. The maximum atomic E-state index is 13.3. The number of hydrogen-bond acceptors (Lipinski definition) is 4. The van der Waals surface area contributed by atoms with Gasteiger partial charge in [0, 0.05) is 0 Å². The van der Waals surface area contributed by atoms with E-state index in [1.165, 1.54) is 6.92 Å². The van der Waals surface area contributed by atoms with Gasteiger partial charge in [-0.3, -0.25) is 0 Å². The summed E-state index contributed by atoms with van der Waals surface area (Å²) in [7, 11) is 0. The highest BCUT2D eigenvalue weighted by Gasteiger charge is 2.25. The summed E-state index contributed by atoms with van der Waals surface area (Å²) in [6.07, 6.45) is 0. The van der Waals surface area contributed by atoms with Crippen LogP contribution in [-0.2, 0) is 6.54 Å². The van der Waals surface area contributed by atoms with Crippen LogP contribution >= 0.6 is 0 Å². The third-order valence-electron chi connectivity index (χ3n) is 2.39. The summed E-state index contributed by atoms with van der Waals surface area (Å²) in [4.78, 5) is 0. The topological polar surface area (TPSA) is 51.0 Å². The Bertz CT molecular complexity index is 599. The van der Waals surface area contributed by atoms with Crippen LogP contribution in [0.1, 0.15) is 11.4 Å². The first-order chi connectivity index (χ1) is 8.93. The fraction of sp³-hybridized carbons (Fsp3) is 0.200. The first kappa shape index (κ1) is 13.2. The molecule has 19 heavy (non-hydrogen) atoms. The second-order valence-electron chi connectivity index (χ2n) is 3.59. The van der Waals surface area contributed by atoms with Gasteiger partial charge in [-0.1, -0.05) is 10.3 Å². The van der Waals surface area contributed by atoms with Crippen LogP contribution < -0.4 is 5.32 Å².